The van der Waals surface area contributed by atoms with Gasteiger partial charge >= 0.3 is 0 Å². The molecule has 2 bridgehead atoms. The van der Waals surface area contributed by atoms with E-state index in [0.717, 1.165) is 29.7 Å². The number of likely N-dealkylation sites (N-methyl/N-ethyl adjacent to an activating group) is 2. The molecular weight excluding hydrogens is 969 g/mol. The second-order valence-electron chi connectivity index (χ2n) is 22.0. The summed E-state index contributed by atoms with van der Waals surface area (Å²) in [6.45, 7) is 12.0. The van der Waals surface area contributed by atoms with Crippen molar-refractivity contribution in [1.82, 2.24) is 39.3 Å². The Morgan fingerprint density at radius 3 is 2.28 bits per heavy atom. The molecule has 0 radical (unpaired) electrons. The molecule has 20 heteroatoms. The van der Waals surface area contributed by atoms with E-state index in [2.05, 4.69) is 19.9 Å². The van der Waals surface area contributed by atoms with Crippen LogP contribution in [0, 0.1) is 41.4 Å². The number of aryl methyl sites for hydroxylation is 1. The lowest BCUT2D eigenvalue weighted by Gasteiger charge is -2.41. The quantitative estimate of drug-likeness (QED) is 0.116. The Morgan fingerprint density at radius 1 is 0.959 bits per heavy atom. The molecule has 1 N–H and O–H groups in total. The number of fused-ring (bicyclic) bond motifs is 2. The summed E-state index contributed by atoms with van der Waals surface area (Å²) in [5.41, 5.74) is 1.12. The van der Waals surface area contributed by atoms with Gasteiger partial charge in [0.25, 0.3) is 0 Å². The van der Waals surface area contributed by atoms with Crippen molar-refractivity contribution in [3.63, 3.8) is 0 Å². The standard InChI is InChI=1S/C54H82N8O11S/c1-11-34(4)49(59(8)54(69)42(33(2)3)29-45(64)50-38-20-21-41(27-38)58(50)7)46(72-9)30-48(66)61-23-15-19-43(61)51(73-10)36(6)44(63)28-39(26-37-17-13-12-14-18-37)52(67)56-74(70,71)24-16-22-60-31-40(55-57-60)32-62-47(65)25-35(5)53(62)68/h12-14,17-18,31,33-36,38-39,41-43,46,49-51H,11,15-16,19-30,32H2,1-10H3,(H,56,67)/t34-,35?,36-,38-,39+,41+,42-,43-,46+,49-,50-,51+/m0/s1. The third kappa shape index (κ3) is 13.9. The second kappa shape index (κ2) is 25.7. The fourth-order valence-corrected chi connectivity index (χ4v) is 13.3. The Morgan fingerprint density at radius 2 is 1.68 bits per heavy atom. The number of hydrogen-bond acceptors (Lipinski definition) is 14. The number of likely N-dealkylation sites (tertiary alicyclic amines) is 3. The lowest BCUT2D eigenvalue weighted by atomic mass is 9.83. The van der Waals surface area contributed by atoms with Crippen molar-refractivity contribution < 1.29 is 51.5 Å². The van der Waals surface area contributed by atoms with Gasteiger partial charge in [0.15, 0.2) is 5.78 Å². The van der Waals surface area contributed by atoms with Gasteiger partial charge in [0.1, 0.15) is 11.5 Å². The maximum atomic E-state index is 14.5. The molecule has 74 heavy (non-hydrogen) atoms. The normalized spacial score (nSPS) is 24.0. The number of ether oxygens (including phenoxy) is 2. The highest BCUT2D eigenvalue weighted by molar-refractivity contribution is 7.90. The summed E-state index contributed by atoms with van der Waals surface area (Å²) in [6.07, 6.45) is 5.38. The predicted octanol–water partition coefficient (Wildman–Crippen LogP) is 4.46. The van der Waals surface area contributed by atoms with Gasteiger partial charge in [-0.25, -0.2) is 8.42 Å². The van der Waals surface area contributed by atoms with Gasteiger partial charge in [0.2, 0.25) is 39.6 Å². The molecule has 2 aromatic rings. The number of carbonyl (C=O) groups excluding carboxylic acids is 7. The molecule has 6 rings (SSSR count). The molecular formula is C54H82N8O11S. The number of methoxy groups -OCH3 is 2. The van der Waals surface area contributed by atoms with Gasteiger partial charge in [0.05, 0.1) is 55.2 Å². The molecule has 19 nitrogen and oxygen atoms in total. The van der Waals surface area contributed by atoms with Crippen molar-refractivity contribution >= 4 is 51.1 Å². The van der Waals surface area contributed by atoms with Gasteiger partial charge in [0, 0.05) is 83.3 Å². The molecule has 1 aliphatic carbocycles. The van der Waals surface area contributed by atoms with E-state index >= 15 is 0 Å². The number of nitrogens with one attached hydrogen (secondary N) is 1. The second-order valence-corrected chi connectivity index (χ2v) is 23.9. The Hall–Kier alpha value is -4.92. The van der Waals surface area contributed by atoms with Crippen LogP contribution < -0.4 is 4.72 Å². The van der Waals surface area contributed by atoms with E-state index in [1.165, 1.54) is 11.8 Å². The third-order valence-corrected chi connectivity index (χ3v) is 18.0. The molecule has 1 unspecified atom stereocenters. The number of Topliss-reactive ketones (excluding diaryl/α,β-unsaturated/α-hetero) is 2. The van der Waals surface area contributed by atoms with Crippen molar-refractivity contribution in [2.24, 2.45) is 41.4 Å². The van der Waals surface area contributed by atoms with Crippen molar-refractivity contribution in [2.75, 3.05) is 40.6 Å². The van der Waals surface area contributed by atoms with Crippen LogP contribution in [0.3, 0.4) is 0 Å². The van der Waals surface area contributed by atoms with E-state index in [9.17, 15) is 42.0 Å². The summed E-state index contributed by atoms with van der Waals surface area (Å²) in [5.74, 6) is -4.92. The number of amides is 5. The van der Waals surface area contributed by atoms with Crippen LogP contribution in [-0.4, -0.2) is 161 Å². The van der Waals surface area contributed by atoms with Crippen LogP contribution in [0.25, 0.3) is 0 Å². The first kappa shape index (κ1) is 58.3. The van der Waals surface area contributed by atoms with Gasteiger partial charge in [-0.2, -0.15) is 0 Å². The summed E-state index contributed by atoms with van der Waals surface area (Å²) >= 11 is 0. The SMILES string of the molecule is CC[C@H](C)[C@@H]([C@@H](CC(=O)N1CCC[C@H]1[C@H](OC)[C@@H](C)C(=O)C[C@@H](Cc1ccccc1)C(=O)NS(=O)(=O)CCCn1cc(CN2C(=O)CC(C)C2=O)nn1)OC)N(C)C(=O)[C@@H](CC(=O)[C@@H]1[C@H]2CC[C@H](C2)N1C)C(C)C. The summed E-state index contributed by atoms with van der Waals surface area (Å²) in [4.78, 5) is 103. The number of rotatable bonds is 28. The average Bonchev–Trinajstić information content (AvgIpc) is 4.23. The van der Waals surface area contributed by atoms with Gasteiger partial charge in [-0.05, 0) is 75.3 Å². The zero-order valence-electron chi connectivity index (χ0n) is 45.3. The van der Waals surface area contributed by atoms with Crippen LogP contribution in [0.4, 0.5) is 0 Å². The van der Waals surface area contributed by atoms with Gasteiger partial charge < -0.3 is 19.3 Å². The van der Waals surface area contributed by atoms with Gasteiger partial charge in [-0.1, -0.05) is 83.5 Å². The highest BCUT2D eigenvalue weighted by Crippen LogP contribution is 2.43. The van der Waals surface area contributed by atoms with Crippen LogP contribution in [0.5, 0.6) is 0 Å². The minimum absolute atomic E-state index is 0.0287. The smallest absolute Gasteiger partial charge is 0.237 e. The molecule has 5 amide bonds. The Labute approximate surface area is 438 Å². The molecule has 4 heterocycles. The number of sulfonamides is 1. The topological polar surface area (TPSA) is 228 Å². The Bertz CT molecular complexity index is 2410. The van der Waals surface area contributed by atoms with E-state index in [4.69, 9.17) is 9.47 Å². The highest BCUT2D eigenvalue weighted by Gasteiger charge is 2.49. The molecule has 410 valence electrons. The van der Waals surface area contributed by atoms with E-state index in [1.807, 2.05) is 40.8 Å². The van der Waals surface area contributed by atoms with Crippen molar-refractivity contribution in [3.05, 3.63) is 47.8 Å². The van der Waals surface area contributed by atoms with E-state index in [0.29, 0.717) is 43.5 Å². The first-order chi connectivity index (χ1) is 35.1. The monoisotopic (exact) mass is 1050 g/mol. The molecule has 1 aromatic carbocycles. The number of aromatic nitrogens is 3. The maximum Gasteiger partial charge on any atom is 0.237 e. The minimum atomic E-state index is -4.17. The summed E-state index contributed by atoms with van der Waals surface area (Å²) < 4.78 is 42.5. The van der Waals surface area contributed by atoms with E-state index < -0.39 is 69.6 Å². The Balaban J connectivity index is 1.08. The molecule has 4 aliphatic rings. The fraction of sp³-hybridized carbons (Fsp3) is 0.722. The number of hydrogen-bond donors (Lipinski definition) is 1. The summed E-state index contributed by atoms with van der Waals surface area (Å²) in [6, 6.07) is 8.34. The minimum Gasteiger partial charge on any atom is -0.379 e. The van der Waals surface area contributed by atoms with Crippen LogP contribution in [0.1, 0.15) is 123 Å². The van der Waals surface area contributed by atoms with Crippen molar-refractivity contribution in [1.29, 1.82) is 0 Å². The number of ketones is 2. The molecule has 3 aliphatic heterocycles. The molecule has 1 aromatic heterocycles. The van der Waals surface area contributed by atoms with E-state index in [-0.39, 0.29) is 105 Å². The number of nitrogens with zero attached hydrogens (tertiary/aromatic N) is 7. The predicted molar refractivity (Wildman–Crippen MR) is 276 cm³/mol. The van der Waals surface area contributed by atoms with Crippen LogP contribution in [-0.2, 0) is 72.6 Å². The molecule has 3 saturated heterocycles. The van der Waals surface area contributed by atoms with Crippen molar-refractivity contribution in [3.8, 4) is 0 Å². The first-order valence-corrected chi connectivity index (χ1v) is 28.4. The fourth-order valence-electron chi connectivity index (χ4n) is 12.2. The first-order valence-electron chi connectivity index (χ1n) is 26.8. The lowest BCUT2D eigenvalue weighted by Crippen LogP contribution is -2.54. The number of imide groups is 1. The Kier molecular flexibility index (Phi) is 20.3. The van der Waals surface area contributed by atoms with Crippen LogP contribution >= 0.6 is 0 Å². The number of benzene rings is 1. The van der Waals surface area contributed by atoms with Gasteiger partial charge in [-0.15, -0.1) is 5.10 Å². The van der Waals surface area contributed by atoms with Crippen LogP contribution in [0.15, 0.2) is 36.5 Å². The average molecular weight is 1050 g/mol. The van der Waals surface area contributed by atoms with Gasteiger partial charge in [-0.3, -0.25) is 52.8 Å². The third-order valence-electron chi connectivity index (χ3n) is 16.7. The summed E-state index contributed by atoms with van der Waals surface area (Å²) in [7, 11) is 2.67. The largest absolute Gasteiger partial charge is 0.379 e. The zero-order chi connectivity index (χ0) is 54.2. The molecule has 0 spiro atoms. The molecule has 4 fully saturated rings. The van der Waals surface area contributed by atoms with Crippen LogP contribution in [0.2, 0.25) is 0 Å². The maximum absolute atomic E-state index is 14.5. The molecule has 12 atom stereocenters. The van der Waals surface area contributed by atoms with E-state index in [1.54, 1.807) is 68.3 Å². The number of piperidine rings is 1. The lowest BCUT2D eigenvalue weighted by molar-refractivity contribution is -0.149. The molecule has 1 saturated carbocycles. The van der Waals surface area contributed by atoms with Crippen molar-refractivity contribution in [2.45, 2.75) is 168 Å². The zero-order valence-corrected chi connectivity index (χ0v) is 46.1. The number of carbonyl (C=O) groups is 7. The summed E-state index contributed by atoms with van der Waals surface area (Å²) in [5, 5.41) is 8.04. The highest BCUT2D eigenvalue weighted by atomic mass is 32.2.